The van der Waals surface area contributed by atoms with Gasteiger partial charge in [-0.1, -0.05) is 29.8 Å². The Kier molecular flexibility index (Phi) is 3.07. The Morgan fingerprint density at radius 1 is 1.37 bits per heavy atom. The molecule has 1 atom stereocenters. The number of ether oxygens (including phenoxy) is 1. The smallest absolute Gasteiger partial charge is 0.239 e. The first kappa shape index (κ1) is 12.6. The third-order valence-corrected chi connectivity index (χ3v) is 4.07. The van der Waals surface area contributed by atoms with Gasteiger partial charge < -0.3 is 15.4 Å². The lowest BCUT2D eigenvalue weighted by Crippen LogP contribution is -2.69. The normalized spacial score (nSPS) is 21.7. The van der Waals surface area contributed by atoms with Gasteiger partial charge in [0.15, 0.2) is 0 Å². The predicted molar refractivity (Wildman–Crippen MR) is 72.7 cm³/mol. The zero-order valence-electron chi connectivity index (χ0n) is 11.3. The number of hydrogen-bond donors (Lipinski definition) is 1. The number of amides is 1. The second-order valence-corrected chi connectivity index (χ2v) is 5.98. The van der Waals surface area contributed by atoms with Gasteiger partial charge in [-0.05, 0) is 18.9 Å². The summed E-state index contributed by atoms with van der Waals surface area (Å²) in [5.74, 6) is 0.0677. The second-order valence-electron chi connectivity index (χ2n) is 5.98. The number of carbonyl (C=O) groups is 1. The van der Waals surface area contributed by atoms with Crippen molar-refractivity contribution in [2.24, 2.45) is 11.1 Å². The molecule has 0 saturated carbocycles. The highest BCUT2D eigenvalue weighted by Gasteiger charge is 2.51. The minimum absolute atomic E-state index is 0.0677. The topological polar surface area (TPSA) is 55.6 Å². The molecule has 1 unspecified atom stereocenters. The Hall–Kier alpha value is -1.39. The molecular weight excluding hydrogens is 240 g/mol. The molecule has 1 aromatic rings. The number of carbonyl (C=O) groups excluding carboxylic acids is 1. The molecule has 2 aliphatic rings. The summed E-state index contributed by atoms with van der Waals surface area (Å²) >= 11 is 0. The van der Waals surface area contributed by atoms with Gasteiger partial charge in [0.25, 0.3) is 0 Å². The molecule has 2 saturated heterocycles. The van der Waals surface area contributed by atoms with Crippen molar-refractivity contribution in [1.82, 2.24) is 4.90 Å². The summed E-state index contributed by atoms with van der Waals surface area (Å²) in [5, 5.41) is 0. The molecule has 3 rings (SSSR count). The summed E-state index contributed by atoms with van der Waals surface area (Å²) in [4.78, 5) is 14.0. The Balaban J connectivity index is 1.54. The lowest BCUT2D eigenvalue weighted by molar-refractivity contribution is -0.195. The maximum Gasteiger partial charge on any atom is 0.239 e. The van der Waals surface area contributed by atoms with Gasteiger partial charge >= 0.3 is 0 Å². The van der Waals surface area contributed by atoms with E-state index in [-0.39, 0.29) is 11.3 Å². The van der Waals surface area contributed by atoms with Crippen LogP contribution in [0.1, 0.15) is 11.1 Å². The van der Waals surface area contributed by atoms with Crippen molar-refractivity contribution in [3.63, 3.8) is 0 Å². The summed E-state index contributed by atoms with van der Waals surface area (Å²) in [6, 6.07) is 7.76. The molecule has 4 nitrogen and oxygen atoms in total. The van der Waals surface area contributed by atoms with Crippen LogP contribution >= 0.6 is 0 Å². The van der Waals surface area contributed by atoms with Crippen molar-refractivity contribution >= 4 is 5.91 Å². The summed E-state index contributed by atoms with van der Waals surface area (Å²) in [6.07, 6.45) is 0.610. The van der Waals surface area contributed by atoms with E-state index >= 15 is 0 Å². The Bertz CT molecular complexity index is 471. The van der Waals surface area contributed by atoms with Crippen molar-refractivity contribution in [1.29, 1.82) is 0 Å². The molecule has 19 heavy (non-hydrogen) atoms. The molecule has 1 aromatic carbocycles. The fourth-order valence-corrected chi connectivity index (χ4v) is 2.79. The van der Waals surface area contributed by atoms with E-state index in [4.69, 9.17) is 10.5 Å². The van der Waals surface area contributed by atoms with E-state index in [0.717, 1.165) is 31.9 Å². The summed E-state index contributed by atoms with van der Waals surface area (Å²) in [7, 11) is 0. The molecule has 0 aromatic heterocycles. The highest BCUT2D eigenvalue weighted by atomic mass is 16.5. The zero-order chi connectivity index (χ0) is 13.5. The number of aryl methyl sites for hydroxylation is 1. The predicted octanol–water partition coefficient (Wildman–Crippen LogP) is 0.724. The van der Waals surface area contributed by atoms with E-state index in [1.807, 2.05) is 17.0 Å². The third-order valence-electron chi connectivity index (χ3n) is 4.07. The molecule has 4 heteroatoms. The number of nitrogens with two attached hydrogens (primary N) is 1. The van der Waals surface area contributed by atoms with Crippen molar-refractivity contribution in [2.75, 3.05) is 26.3 Å². The molecule has 0 bridgehead atoms. The maximum atomic E-state index is 12.2. The van der Waals surface area contributed by atoms with Gasteiger partial charge in [0.05, 0.1) is 24.7 Å². The van der Waals surface area contributed by atoms with Gasteiger partial charge in [-0.2, -0.15) is 0 Å². The standard InChI is InChI=1S/C15H20N2O2/c1-11-2-4-12(5-3-11)6-13(16)14(18)17-7-15(8-17)9-19-10-15/h2-5,13H,6-10,16H2,1H3. The van der Waals surface area contributed by atoms with Crippen LogP contribution in [0.25, 0.3) is 0 Å². The first-order valence-corrected chi connectivity index (χ1v) is 6.76. The van der Waals surface area contributed by atoms with Crippen molar-refractivity contribution < 1.29 is 9.53 Å². The number of hydrogen-bond acceptors (Lipinski definition) is 3. The van der Waals surface area contributed by atoms with Crippen LogP contribution in [-0.4, -0.2) is 43.2 Å². The van der Waals surface area contributed by atoms with Gasteiger partial charge in [0.2, 0.25) is 5.91 Å². The molecule has 2 heterocycles. The highest BCUT2D eigenvalue weighted by Crippen LogP contribution is 2.37. The van der Waals surface area contributed by atoms with Crippen LogP contribution in [0.3, 0.4) is 0 Å². The molecule has 102 valence electrons. The average molecular weight is 260 g/mol. The maximum absolute atomic E-state index is 12.2. The van der Waals surface area contributed by atoms with E-state index in [1.165, 1.54) is 5.56 Å². The fraction of sp³-hybridized carbons (Fsp3) is 0.533. The van der Waals surface area contributed by atoms with E-state index in [0.29, 0.717) is 6.42 Å². The van der Waals surface area contributed by atoms with E-state index in [1.54, 1.807) is 0 Å². The van der Waals surface area contributed by atoms with Gasteiger partial charge in [-0.25, -0.2) is 0 Å². The molecule has 1 amide bonds. The van der Waals surface area contributed by atoms with Gasteiger partial charge in [0.1, 0.15) is 0 Å². The number of likely N-dealkylation sites (tertiary alicyclic amines) is 1. The summed E-state index contributed by atoms with van der Waals surface area (Å²) in [5.41, 5.74) is 8.63. The van der Waals surface area contributed by atoms with E-state index in [9.17, 15) is 4.79 Å². The van der Waals surface area contributed by atoms with Crippen molar-refractivity contribution in [2.45, 2.75) is 19.4 Å². The monoisotopic (exact) mass is 260 g/mol. The largest absolute Gasteiger partial charge is 0.380 e. The minimum atomic E-state index is -0.430. The SMILES string of the molecule is Cc1ccc(CC(N)C(=O)N2CC3(COC3)C2)cc1. The molecule has 2 aliphatic heterocycles. The van der Waals surface area contributed by atoms with Crippen molar-refractivity contribution in [3.05, 3.63) is 35.4 Å². The zero-order valence-corrected chi connectivity index (χ0v) is 11.3. The highest BCUT2D eigenvalue weighted by molar-refractivity contribution is 5.83. The lowest BCUT2D eigenvalue weighted by atomic mass is 9.77. The van der Waals surface area contributed by atoms with E-state index in [2.05, 4.69) is 19.1 Å². The van der Waals surface area contributed by atoms with Crippen LogP contribution in [0.2, 0.25) is 0 Å². The molecule has 2 fully saturated rings. The summed E-state index contributed by atoms with van der Waals surface area (Å²) < 4.78 is 5.21. The fourth-order valence-electron chi connectivity index (χ4n) is 2.79. The minimum Gasteiger partial charge on any atom is -0.380 e. The third kappa shape index (κ3) is 2.38. The van der Waals surface area contributed by atoms with Crippen LogP contribution in [0.5, 0.6) is 0 Å². The van der Waals surface area contributed by atoms with Crippen LogP contribution < -0.4 is 5.73 Å². The number of rotatable bonds is 3. The Morgan fingerprint density at radius 3 is 2.53 bits per heavy atom. The van der Waals surface area contributed by atoms with Crippen LogP contribution in [0.15, 0.2) is 24.3 Å². The first-order valence-electron chi connectivity index (χ1n) is 6.76. The Morgan fingerprint density at radius 2 is 2.00 bits per heavy atom. The molecular formula is C15H20N2O2. The van der Waals surface area contributed by atoms with Crippen LogP contribution in [-0.2, 0) is 16.0 Å². The van der Waals surface area contributed by atoms with Gasteiger partial charge in [-0.3, -0.25) is 4.79 Å². The molecule has 0 radical (unpaired) electrons. The second kappa shape index (κ2) is 4.62. The van der Waals surface area contributed by atoms with Crippen LogP contribution in [0.4, 0.5) is 0 Å². The molecule has 1 spiro atoms. The Labute approximate surface area is 113 Å². The summed E-state index contributed by atoms with van der Waals surface area (Å²) in [6.45, 7) is 5.27. The molecule has 2 N–H and O–H groups in total. The molecule has 0 aliphatic carbocycles. The first-order chi connectivity index (χ1) is 9.08. The van der Waals surface area contributed by atoms with E-state index < -0.39 is 6.04 Å². The quantitative estimate of drug-likeness (QED) is 0.871. The lowest BCUT2D eigenvalue weighted by Gasteiger charge is -2.55. The number of benzene rings is 1. The van der Waals surface area contributed by atoms with Crippen molar-refractivity contribution in [3.8, 4) is 0 Å². The van der Waals surface area contributed by atoms with Gasteiger partial charge in [0, 0.05) is 13.1 Å². The van der Waals surface area contributed by atoms with Crippen LogP contribution in [0, 0.1) is 12.3 Å². The average Bonchev–Trinajstić information content (AvgIpc) is 2.28. The van der Waals surface area contributed by atoms with Gasteiger partial charge in [-0.15, -0.1) is 0 Å². The number of nitrogens with zero attached hydrogens (tertiary/aromatic N) is 1.